The molecular formula is C20H23NO4. The Hall–Kier alpha value is -2.37. The van der Waals surface area contributed by atoms with Crippen molar-refractivity contribution >= 4 is 5.91 Å². The zero-order valence-corrected chi connectivity index (χ0v) is 14.3. The lowest BCUT2D eigenvalue weighted by molar-refractivity contribution is 0.0294. The summed E-state index contributed by atoms with van der Waals surface area (Å²) in [6, 6.07) is 14.1. The maximum absolute atomic E-state index is 12.6. The topological polar surface area (TPSA) is 78.8 Å². The van der Waals surface area contributed by atoms with Gasteiger partial charge in [0.2, 0.25) is 0 Å². The number of rotatable bonds is 4. The second kappa shape index (κ2) is 7.25. The molecule has 25 heavy (non-hydrogen) atoms. The van der Waals surface area contributed by atoms with Crippen LogP contribution in [0.4, 0.5) is 0 Å². The quantitative estimate of drug-likeness (QED) is 0.795. The molecule has 0 spiro atoms. The van der Waals surface area contributed by atoms with E-state index in [1.165, 1.54) is 0 Å². The van der Waals surface area contributed by atoms with Gasteiger partial charge in [-0.15, -0.1) is 0 Å². The van der Waals surface area contributed by atoms with Crippen LogP contribution in [0.5, 0.6) is 5.75 Å². The second-order valence-electron chi connectivity index (χ2n) is 6.48. The minimum atomic E-state index is -0.994. The van der Waals surface area contributed by atoms with Gasteiger partial charge in [-0.25, -0.2) is 0 Å². The molecule has 3 rings (SSSR count). The number of carbonyl (C=O) groups excluding carboxylic acids is 1. The van der Waals surface area contributed by atoms with Gasteiger partial charge in [0.15, 0.2) is 0 Å². The van der Waals surface area contributed by atoms with Crippen molar-refractivity contribution in [3.05, 3.63) is 65.2 Å². The van der Waals surface area contributed by atoms with Crippen molar-refractivity contribution < 1.29 is 19.7 Å². The van der Waals surface area contributed by atoms with Gasteiger partial charge in [-0.1, -0.05) is 24.3 Å². The average Bonchev–Trinajstić information content (AvgIpc) is 2.90. The van der Waals surface area contributed by atoms with Crippen LogP contribution in [0.2, 0.25) is 0 Å². The third kappa shape index (κ3) is 3.52. The fraction of sp³-hybridized carbons (Fsp3) is 0.350. The second-order valence-corrected chi connectivity index (χ2v) is 6.48. The number of aliphatic hydroxyl groups is 2. The first-order valence-electron chi connectivity index (χ1n) is 8.38. The Morgan fingerprint density at radius 1 is 1.12 bits per heavy atom. The number of carbonyl (C=O) groups is 1. The zero-order chi connectivity index (χ0) is 18.0. The minimum absolute atomic E-state index is 0.131. The standard InChI is InChI=1S/C20H23NO4/c1-12-5-3-4-6-15(12)16-11-17(22)19(23)18(16)21-20(24)13-7-9-14(25-2)10-8-13/h3-10,16-19,22-23H,11H2,1-2H3,(H,21,24)/t16-,17-,18-,19-/m1/s1. The molecule has 2 aromatic rings. The molecule has 0 aliphatic heterocycles. The summed E-state index contributed by atoms with van der Waals surface area (Å²) in [5, 5.41) is 23.4. The van der Waals surface area contributed by atoms with E-state index in [9.17, 15) is 15.0 Å². The highest BCUT2D eigenvalue weighted by Crippen LogP contribution is 2.36. The number of hydrogen-bond acceptors (Lipinski definition) is 4. The van der Waals surface area contributed by atoms with E-state index in [0.717, 1.165) is 11.1 Å². The molecule has 1 amide bonds. The monoisotopic (exact) mass is 341 g/mol. The smallest absolute Gasteiger partial charge is 0.251 e. The van der Waals surface area contributed by atoms with E-state index in [-0.39, 0.29) is 11.8 Å². The molecule has 0 heterocycles. The summed E-state index contributed by atoms with van der Waals surface area (Å²) in [5.74, 6) is 0.262. The van der Waals surface area contributed by atoms with E-state index in [1.54, 1.807) is 31.4 Å². The summed E-state index contributed by atoms with van der Waals surface area (Å²) in [6.07, 6.45) is -1.43. The number of amides is 1. The molecule has 3 N–H and O–H groups in total. The van der Waals surface area contributed by atoms with Crippen molar-refractivity contribution in [1.82, 2.24) is 5.32 Å². The van der Waals surface area contributed by atoms with E-state index in [0.29, 0.717) is 17.7 Å². The predicted octanol–water partition coefficient (Wildman–Crippen LogP) is 2.01. The largest absolute Gasteiger partial charge is 0.497 e. The molecule has 0 aromatic heterocycles. The Kier molecular flexibility index (Phi) is 5.06. The Labute approximate surface area is 147 Å². The number of methoxy groups -OCH3 is 1. The molecule has 0 unspecified atom stereocenters. The summed E-state index contributed by atoms with van der Waals surface area (Å²) >= 11 is 0. The Balaban J connectivity index is 1.82. The molecule has 1 aliphatic rings. The SMILES string of the molecule is COc1ccc(C(=O)N[C@H]2[C@H](O)[C@H](O)C[C@@H]2c2ccccc2C)cc1. The Morgan fingerprint density at radius 3 is 2.44 bits per heavy atom. The van der Waals surface area contributed by atoms with Crippen molar-refractivity contribution in [1.29, 1.82) is 0 Å². The molecular weight excluding hydrogens is 318 g/mol. The number of aryl methyl sites for hydroxylation is 1. The van der Waals surface area contributed by atoms with E-state index in [1.807, 2.05) is 31.2 Å². The fourth-order valence-electron chi connectivity index (χ4n) is 3.51. The van der Waals surface area contributed by atoms with Crippen molar-refractivity contribution in [2.24, 2.45) is 0 Å². The molecule has 2 aromatic carbocycles. The molecule has 132 valence electrons. The van der Waals surface area contributed by atoms with E-state index < -0.39 is 18.2 Å². The molecule has 4 atom stereocenters. The van der Waals surface area contributed by atoms with Crippen LogP contribution in [0, 0.1) is 6.92 Å². The molecule has 1 fully saturated rings. The molecule has 5 nitrogen and oxygen atoms in total. The van der Waals surface area contributed by atoms with Gasteiger partial charge >= 0.3 is 0 Å². The van der Waals surface area contributed by atoms with Gasteiger partial charge in [0.05, 0.1) is 19.3 Å². The maximum Gasteiger partial charge on any atom is 0.251 e. The summed E-state index contributed by atoms with van der Waals surface area (Å²) < 4.78 is 5.10. The van der Waals surface area contributed by atoms with Crippen LogP contribution in [-0.2, 0) is 0 Å². The van der Waals surface area contributed by atoms with E-state index >= 15 is 0 Å². The lowest BCUT2D eigenvalue weighted by atomic mass is 9.90. The van der Waals surface area contributed by atoms with Gasteiger partial charge in [0, 0.05) is 11.5 Å². The highest BCUT2D eigenvalue weighted by molar-refractivity contribution is 5.94. The van der Waals surface area contributed by atoms with Gasteiger partial charge < -0.3 is 20.3 Å². The van der Waals surface area contributed by atoms with Crippen molar-refractivity contribution in [2.45, 2.75) is 37.5 Å². The van der Waals surface area contributed by atoms with E-state index in [2.05, 4.69) is 5.32 Å². The summed E-state index contributed by atoms with van der Waals surface area (Å²) in [7, 11) is 1.57. The molecule has 5 heteroatoms. The van der Waals surface area contributed by atoms with Crippen LogP contribution >= 0.6 is 0 Å². The highest BCUT2D eigenvalue weighted by atomic mass is 16.5. The van der Waals surface area contributed by atoms with Crippen LogP contribution in [-0.4, -0.2) is 41.5 Å². The number of nitrogens with one attached hydrogen (secondary N) is 1. The van der Waals surface area contributed by atoms with E-state index in [4.69, 9.17) is 4.74 Å². The number of benzene rings is 2. The number of hydrogen-bond donors (Lipinski definition) is 3. The third-order valence-electron chi connectivity index (χ3n) is 4.93. The molecule has 0 bridgehead atoms. The van der Waals surface area contributed by atoms with Crippen molar-refractivity contribution in [3.8, 4) is 5.75 Å². The van der Waals surface area contributed by atoms with Crippen LogP contribution in [0.15, 0.2) is 48.5 Å². The Morgan fingerprint density at radius 2 is 1.80 bits per heavy atom. The van der Waals surface area contributed by atoms with Gasteiger partial charge in [-0.2, -0.15) is 0 Å². The van der Waals surface area contributed by atoms with Crippen LogP contribution in [0.1, 0.15) is 33.8 Å². The normalized spacial score (nSPS) is 25.6. The summed E-state index contributed by atoms with van der Waals surface area (Å²) in [6.45, 7) is 1.99. The lowest BCUT2D eigenvalue weighted by Crippen LogP contribution is -2.45. The van der Waals surface area contributed by atoms with Crippen molar-refractivity contribution in [2.75, 3.05) is 7.11 Å². The lowest BCUT2D eigenvalue weighted by Gasteiger charge is -2.25. The van der Waals surface area contributed by atoms with Crippen LogP contribution < -0.4 is 10.1 Å². The van der Waals surface area contributed by atoms with Crippen LogP contribution in [0.25, 0.3) is 0 Å². The molecule has 1 saturated carbocycles. The first kappa shape index (κ1) is 17.5. The fourth-order valence-corrected chi connectivity index (χ4v) is 3.51. The first-order chi connectivity index (χ1) is 12.0. The van der Waals surface area contributed by atoms with Gasteiger partial charge in [0.25, 0.3) is 5.91 Å². The number of aliphatic hydroxyl groups excluding tert-OH is 2. The predicted molar refractivity (Wildman–Crippen MR) is 94.8 cm³/mol. The summed E-state index contributed by atoms with van der Waals surface area (Å²) in [5.41, 5.74) is 2.61. The number of ether oxygens (including phenoxy) is 1. The maximum atomic E-state index is 12.6. The highest BCUT2D eigenvalue weighted by Gasteiger charge is 2.43. The van der Waals surface area contributed by atoms with Gasteiger partial charge in [-0.3, -0.25) is 4.79 Å². The summed E-state index contributed by atoms with van der Waals surface area (Å²) in [4.78, 5) is 12.6. The van der Waals surface area contributed by atoms with Gasteiger partial charge in [0.1, 0.15) is 11.9 Å². The van der Waals surface area contributed by atoms with Gasteiger partial charge in [-0.05, 0) is 48.7 Å². The first-order valence-corrected chi connectivity index (χ1v) is 8.38. The molecule has 1 aliphatic carbocycles. The Bertz CT molecular complexity index is 744. The zero-order valence-electron chi connectivity index (χ0n) is 14.3. The minimum Gasteiger partial charge on any atom is -0.497 e. The van der Waals surface area contributed by atoms with Crippen molar-refractivity contribution in [3.63, 3.8) is 0 Å². The third-order valence-corrected chi connectivity index (χ3v) is 4.93. The van der Waals surface area contributed by atoms with Crippen LogP contribution in [0.3, 0.4) is 0 Å². The average molecular weight is 341 g/mol. The molecule has 0 radical (unpaired) electrons. The molecule has 0 saturated heterocycles.